The number of hydrogen-bond donors (Lipinski definition) is 2. The summed E-state index contributed by atoms with van der Waals surface area (Å²) in [4.78, 5) is 4.81. The molecule has 1 fully saturated rings. The van der Waals surface area contributed by atoms with E-state index in [9.17, 15) is 0 Å². The van der Waals surface area contributed by atoms with E-state index < -0.39 is 0 Å². The molecule has 0 bridgehead atoms. The quantitative estimate of drug-likeness (QED) is 0.735. The van der Waals surface area contributed by atoms with Crippen LogP contribution in [-0.4, -0.2) is 30.9 Å². The molecule has 0 unspecified atom stereocenters. The molecule has 0 saturated carbocycles. The average molecular weight is 361 g/mol. The molecule has 1 aromatic heterocycles. The topological polar surface area (TPSA) is 55.4 Å². The zero-order valence-electron chi connectivity index (χ0n) is 15.4. The summed E-state index contributed by atoms with van der Waals surface area (Å²) in [5.74, 6) is 2.58. The van der Waals surface area contributed by atoms with Crippen LogP contribution in [0.25, 0.3) is 21.9 Å². The Morgan fingerprint density at radius 1 is 1.07 bits per heavy atom. The summed E-state index contributed by atoms with van der Waals surface area (Å²) in [5, 5.41) is 9.50. The molecular weight excluding hydrogens is 338 g/mol. The molecule has 2 aliphatic rings. The number of nitrogens with zero attached hydrogens (tertiary/aromatic N) is 1. The number of piperidine rings is 1. The molecule has 5 heteroatoms. The van der Waals surface area contributed by atoms with E-state index in [4.69, 9.17) is 14.5 Å². The number of ether oxygens (including phenoxy) is 2. The summed E-state index contributed by atoms with van der Waals surface area (Å²) in [6, 6.07) is 13.0. The zero-order valence-corrected chi connectivity index (χ0v) is 15.4. The highest BCUT2D eigenvalue weighted by atomic mass is 16.7. The molecule has 138 valence electrons. The summed E-state index contributed by atoms with van der Waals surface area (Å²) in [6.07, 6.45) is 4.23. The van der Waals surface area contributed by atoms with E-state index in [2.05, 4.69) is 41.8 Å². The minimum atomic E-state index is 0.288. The Morgan fingerprint density at radius 3 is 2.81 bits per heavy atom. The van der Waals surface area contributed by atoms with E-state index in [0.29, 0.717) is 6.04 Å². The second-order valence-electron chi connectivity index (χ2n) is 7.25. The second-order valence-corrected chi connectivity index (χ2v) is 7.25. The molecule has 3 aromatic rings. The van der Waals surface area contributed by atoms with Gasteiger partial charge in [0.2, 0.25) is 6.79 Å². The third-order valence-corrected chi connectivity index (χ3v) is 5.48. The molecule has 5 nitrogen and oxygen atoms in total. The van der Waals surface area contributed by atoms with Gasteiger partial charge in [-0.25, -0.2) is 4.98 Å². The van der Waals surface area contributed by atoms with Crippen molar-refractivity contribution in [2.75, 3.05) is 25.2 Å². The van der Waals surface area contributed by atoms with E-state index in [1.165, 1.54) is 16.3 Å². The third-order valence-electron chi connectivity index (χ3n) is 5.48. The lowest BCUT2D eigenvalue weighted by Crippen LogP contribution is -2.35. The molecule has 0 radical (unpaired) electrons. The predicted molar refractivity (Wildman–Crippen MR) is 108 cm³/mol. The first-order valence-electron chi connectivity index (χ1n) is 9.55. The van der Waals surface area contributed by atoms with Gasteiger partial charge in [-0.05, 0) is 61.5 Å². The van der Waals surface area contributed by atoms with Gasteiger partial charge in [-0.1, -0.05) is 24.3 Å². The number of aryl methyl sites for hydroxylation is 1. The Balaban J connectivity index is 1.60. The number of aromatic nitrogens is 1. The SMILES string of the molecule is Cc1cccc2c(NC3CCNCC3)ncc(-c3ccc4c(c3)OCO4)c12. The number of fused-ring (bicyclic) bond motifs is 2. The van der Waals surface area contributed by atoms with E-state index in [-0.39, 0.29) is 6.79 Å². The number of hydrogen-bond acceptors (Lipinski definition) is 5. The largest absolute Gasteiger partial charge is 0.454 e. The molecule has 0 atom stereocenters. The zero-order chi connectivity index (χ0) is 18.2. The molecule has 3 heterocycles. The van der Waals surface area contributed by atoms with Crippen molar-refractivity contribution in [1.82, 2.24) is 10.3 Å². The maximum atomic E-state index is 5.57. The van der Waals surface area contributed by atoms with E-state index in [0.717, 1.165) is 54.4 Å². The number of pyridine rings is 1. The predicted octanol–water partition coefficient (Wildman–Crippen LogP) is 4.10. The van der Waals surface area contributed by atoms with Gasteiger partial charge in [0, 0.05) is 23.2 Å². The van der Waals surface area contributed by atoms with Gasteiger partial charge < -0.3 is 20.1 Å². The van der Waals surface area contributed by atoms with Crippen molar-refractivity contribution in [2.45, 2.75) is 25.8 Å². The van der Waals surface area contributed by atoms with Crippen LogP contribution in [0.4, 0.5) is 5.82 Å². The Bertz CT molecular complexity index is 996. The third kappa shape index (κ3) is 2.98. The molecular formula is C22H23N3O2. The van der Waals surface area contributed by atoms with E-state index in [1.54, 1.807) is 0 Å². The maximum absolute atomic E-state index is 5.57. The van der Waals surface area contributed by atoms with Crippen molar-refractivity contribution in [2.24, 2.45) is 0 Å². The van der Waals surface area contributed by atoms with Crippen LogP contribution in [0.3, 0.4) is 0 Å². The molecule has 27 heavy (non-hydrogen) atoms. The minimum Gasteiger partial charge on any atom is -0.454 e. The summed E-state index contributed by atoms with van der Waals surface area (Å²) < 4.78 is 11.0. The van der Waals surface area contributed by atoms with Crippen LogP contribution in [0.15, 0.2) is 42.6 Å². The van der Waals surface area contributed by atoms with Crippen molar-refractivity contribution < 1.29 is 9.47 Å². The molecule has 0 aliphatic carbocycles. The Morgan fingerprint density at radius 2 is 1.93 bits per heavy atom. The van der Waals surface area contributed by atoms with Crippen molar-refractivity contribution in [3.05, 3.63) is 48.2 Å². The summed E-state index contributed by atoms with van der Waals surface area (Å²) in [7, 11) is 0. The monoisotopic (exact) mass is 361 g/mol. The van der Waals surface area contributed by atoms with Gasteiger partial charge in [-0.3, -0.25) is 0 Å². The van der Waals surface area contributed by atoms with Crippen molar-refractivity contribution in [3.8, 4) is 22.6 Å². The van der Waals surface area contributed by atoms with Crippen molar-refractivity contribution >= 4 is 16.6 Å². The Hall–Kier alpha value is -2.79. The highest BCUT2D eigenvalue weighted by Crippen LogP contribution is 2.39. The van der Waals surface area contributed by atoms with Gasteiger partial charge in [0.1, 0.15) is 5.82 Å². The molecule has 2 aromatic carbocycles. The average Bonchev–Trinajstić information content (AvgIpc) is 3.17. The Kier molecular flexibility index (Phi) is 4.09. The number of anilines is 1. The lowest BCUT2D eigenvalue weighted by molar-refractivity contribution is 0.174. The van der Waals surface area contributed by atoms with Crippen LogP contribution >= 0.6 is 0 Å². The molecule has 0 spiro atoms. The van der Waals surface area contributed by atoms with Gasteiger partial charge in [0.05, 0.1) is 0 Å². The molecule has 0 amide bonds. The van der Waals surface area contributed by atoms with E-state index in [1.807, 2.05) is 18.3 Å². The van der Waals surface area contributed by atoms with Crippen molar-refractivity contribution in [3.63, 3.8) is 0 Å². The van der Waals surface area contributed by atoms with Crippen LogP contribution in [0, 0.1) is 6.92 Å². The first kappa shape index (κ1) is 16.4. The smallest absolute Gasteiger partial charge is 0.231 e. The summed E-state index contributed by atoms with van der Waals surface area (Å²) in [5.41, 5.74) is 3.47. The van der Waals surface area contributed by atoms with Crippen LogP contribution in [0.2, 0.25) is 0 Å². The van der Waals surface area contributed by atoms with Crippen LogP contribution in [0.5, 0.6) is 11.5 Å². The Labute approximate surface area is 158 Å². The van der Waals surface area contributed by atoms with Gasteiger partial charge in [0.25, 0.3) is 0 Å². The van der Waals surface area contributed by atoms with E-state index >= 15 is 0 Å². The molecule has 2 N–H and O–H groups in total. The van der Waals surface area contributed by atoms with Gasteiger partial charge in [0.15, 0.2) is 11.5 Å². The number of rotatable bonds is 3. The minimum absolute atomic E-state index is 0.288. The fourth-order valence-corrected chi connectivity index (χ4v) is 4.04. The van der Waals surface area contributed by atoms with Gasteiger partial charge in [-0.15, -0.1) is 0 Å². The second kappa shape index (κ2) is 6.74. The highest BCUT2D eigenvalue weighted by Gasteiger charge is 2.19. The fraction of sp³-hybridized carbons (Fsp3) is 0.318. The lowest BCUT2D eigenvalue weighted by atomic mass is 9.96. The molecule has 1 saturated heterocycles. The standard InChI is InChI=1S/C22H23N3O2/c1-14-3-2-4-17-21(14)18(15-5-6-19-20(11-15)27-13-26-19)12-24-22(17)25-16-7-9-23-10-8-16/h2-6,11-12,16,23H,7-10,13H2,1H3,(H,24,25). The number of nitrogens with one attached hydrogen (secondary N) is 2. The first-order valence-corrected chi connectivity index (χ1v) is 9.55. The highest BCUT2D eigenvalue weighted by molar-refractivity contribution is 6.03. The van der Waals surface area contributed by atoms with Crippen molar-refractivity contribution in [1.29, 1.82) is 0 Å². The summed E-state index contributed by atoms with van der Waals surface area (Å²) in [6.45, 7) is 4.57. The maximum Gasteiger partial charge on any atom is 0.231 e. The number of benzene rings is 2. The molecule has 2 aliphatic heterocycles. The van der Waals surface area contributed by atoms with Gasteiger partial charge >= 0.3 is 0 Å². The lowest BCUT2D eigenvalue weighted by Gasteiger charge is -2.25. The van der Waals surface area contributed by atoms with Crippen LogP contribution in [-0.2, 0) is 0 Å². The summed E-state index contributed by atoms with van der Waals surface area (Å²) >= 11 is 0. The first-order chi connectivity index (χ1) is 13.3. The van der Waals surface area contributed by atoms with Crippen LogP contribution in [0.1, 0.15) is 18.4 Å². The fourth-order valence-electron chi connectivity index (χ4n) is 4.04. The van der Waals surface area contributed by atoms with Crippen LogP contribution < -0.4 is 20.1 Å². The molecule has 5 rings (SSSR count). The normalized spacial score (nSPS) is 16.6. The van der Waals surface area contributed by atoms with Gasteiger partial charge in [-0.2, -0.15) is 0 Å².